The maximum Gasteiger partial charge on any atom is 0.0938 e. The lowest BCUT2D eigenvalue weighted by atomic mass is 10.1. The van der Waals surface area contributed by atoms with Gasteiger partial charge >= 0.3 is 0 Å². The Labute approximate surface area is 85.4 Å². The minimum absolute atomic E-state index is 0.947. The molecule has 1 aliphatic heterocycles. The van der Waals surface area contributed by atoms with Crippen molar-refractivity contribution in [1.82, 2.24) is 4.90 Å². The molecule has 0 aliphatic carbocycles. The van der Waals surface area contributed by atoms with Crippen LogP contribution in [0.5, 0.6) is 0 Å². The van der Waals surface area contributed by atoms with Gasteiger partial charge in [0.25, 0.3) is 0 Å². The van der Waals surface area contributed by atoms with E-state index in [2.05, 4.69) is 61.3 Å². The average Bonchev–Trinajstić information content (AvgIpc) is 2.50. The van der Waals surface area contributed by atoms with Gasteiger partial charge in [0, 0.05) is 25.1 Å². The van der Waals surface area contributed by atoms with Crippen molar-refractivity contribution < 1.29 is 0 Å². The summed E-state index contributed by atoms with van der Waals surface area (Å²) in [5.41, 5.74) is 3.93. The molecule has 1 aromatic carbocycles. The van der Waals surface area contributed by atoms with Crippen molar-refractivity contribution in [3.05, 3.63) is 41.7 Å². The summed E-state index contributed by atoms with van der Waals surface area (Å²) < 4.78 is 0. The van der Waals surface area contributed by atoms with Crippen molar-refractivity contribution in [1.29, 1.82) is 0 Å². The molecule has 0 saturated heterocycles. The summed E-state index contributed by atoms with van der Waals surface area (Å²) in [6, 6.07) is 6.64. The average molecular weight is 188 g/mol. The molecular formula is C12H16N2. The van der Waals surface area contributed by atoms with Crippen LogP contribution in [0, 0.1) is 13.8 Å². The van der Waals surface area contributed by atoms with Gasteiger partial charge in [-0.3, -0.25) is 0 Å². The standard InChI is InChI=1S/C12H16N2/c1-10-6-11(2)8-12(7-10)14-5-4-13(3)9-14/h4-8H,9H2,1-3H3. The van der Waals surface area contributed by atoms with Crippen molar-refractivity contribution in [2.75, 3.05) is 18.6 Å². The van der Waals surface area contributed by atoms with Crippen LogP contribution in [0.25, 0.3) is 0 Å². The van der Waals surface area contributed by atoms with E-state index in [1.54, 1.807) is 0 Å². The van der Waals surface area contributed by atoms with Crippen LogP contribution < -0.4 is 4.90 Å². The second kappa shape index (κ2) is 3.37. The molecule has 0 unspecified atom stereocenters. The van der Waals surface area contributed by atoms with Crippen LogP contribution in [0.4, 0.5) is 5.69 Å². The first kappa shape index (κ1) is 9.13. The van der Waals surface area contributed by atoms with Crippen molar-refractivity contribution >= 4 is 5.69 Å². The highest BCUT2D eigenvalue weighted by molar-refractivity contribution is 5.53. The van der Waals surface area contributed by atoms with Crippen LogP contribution in [0.1, 0.15) is 11.1 Å². The third-order valence-corrected chi connectivity index (χ3v) is 2.41. The van der Waals surface area contributed by atoms with Gasteiger partial charge in [0.2, 0.25) is 0 Å². The normalized spacial score (nSPS) is 15.4. The van der Waals surface area contributed by atoms with Gasteiger partial charge in [-0.1, -0.05) is 6.07 Å². The Morgan fingerprint density at radius 3 is 2.14 bits per heavy atom. The second-order valence-electron chi connectivity index (χ2n) is 4.01. The molecule has 2 nitrogen and oxygen atoms in total. The van der Waals surface area contributed by atoms with E-state index in [1.165, 1.54) is 16.8 Å². The number of rotatable bonds is 1. The van der Waals surface area contributed by atoms with Crippen LogP contribution >= 0.6 is 0 Å². The molecule has 0 bridgehead atoms. The van der Waals surface area contributed by atoms with E-state index in [4.69, 9.17) is 0 Å². The number of benzene rings is 1. The molecule has 0 atom stereocenters. The third-order valence-electron chi connectivity index (χ3n) is 2.41. The van der Waals surface area contributed by atoms with Gasteiger partial charge in [-0.15, -0.1) is 0 Å². The largest absolute Gasteiger partial charge is 0.361 e. The van der Waals surface area contributed by atoms with Gasteiger partial charge < -0.3 is 9.80 Å². The van der Waals surface area contributed by atoms with E-state index < -0.39 is 0 Å². The minimum atomic E-state index is 0.947. The molecular weight excluding hydrogens is 172 g/mol. The first-order chi connectivity index (χ1) is 6.65. The van der Waals surface area contributed by atoms with E-state index in [0.29, 0.717) is 0 Å². The Morgan fingerprint density at radius 2 is 1.64 bits per heavy atom. The molecule has 0 aromatic heterocycles. The first-order valence-corrected chi connectivity index (χ1v) is 4.89. The summed E-state index contributed by atoms with van der Waals surface area (Å²) in [5, 5.41) is 0. The Hall–Kier alpha value is -1.44. The maximum atomic E-state index is 2.25. The number of hydrogen-bond donors (Lipinski definition) is 0. The van der Waals surface area contributed by atoms with Crippen LogP contribution in [-0.4, -0.2) is 18.6 Å². The molecule has 0 amide bonds. The Bertz CT molecular complexity index is 348. The first-order valence-electron chi connectivity index (χ1n) is 4.89. The Balaban J connectivity index is 2.28. The molecule has 0 fully saturated rings. The zero-order chi connectivity index (χ0) is 10.1. The Kier molecular flexibility index (Phi) is 2.20. The van der Waals surface area contributed by atoms with E-state index in [9.17, 15) is 0 Å². The van der Waals surface area contributed by atoms with Gasteiger partial charge in [0.1, 0.15) is 0 Å². The van der Waals surface area contributed by atoms with Gasteiger partial charge in [0.15, 0.2) is 0 Å². The number of nitrogens with zero attached hydrogens (tertiary/aromatic N) is 2. The smallest absolute Gasteiger partial charge is 0.0938 e. The molecule has 0 radical (unpaired) electrons. The molecule has 0 spiro atoms. The fraction of sp³-hybridized carbons (Fsp3) is 0.333. The monoisotopic (exact) mass is 188 g/mol. The van der Waals surface area contributed by atoms with E-state index in [1.807, 2.05) is 0 Å². The molecule has 1 heterocycles. The molecule has 2 heteroatoms. The molecule has 14 heavy (non-hydrogen) atoms. The second-order valence-corrected chi connectivity index (χ2v) is 4.01. The fourth-order valence-corrected chi connectivity index (χ4v) is 1.81. The number of aryl methyl sites for hydroxylation is 2. The molecule has 1 aliphatic rings. The summed E-state index contributed by atoms with van der Waals surface area (Å²) in [4.78, 5) is 4.41. The van der Waals surface area contributed by atoms with Crippen molar-refractivity contribution in [3.8, 4) is 0 Å². The lowest BCUT2D eigenvalue weighted by Gasteiger charge is -2.19. The van der Waals surface area contributed by atoms with Crippen LogP contribution in [0.15, 0.2) is 30.6 Å². The third kappa shape index (κ3) is 1.74. The highest BCUT2D eigenvalue weighted by Crippen LogP contribution is 2.21. The lowest BCUT2D eigenvalue weighted by Crippen LogP contribution is -2.21. The summed E-state index contributed by atoms with van der Waals surface area (Å²) >= 11 is 0. The number of anilines is 1. The summed E-state index contributed by atoms with van der Waals surface area (Å²) in [6.45, 7) is 5.23. The molecule has 0 saturated carbocycles. The summed E-state index contributed by atoms with van der Waals surface area (Å²) in [6.07, 6.45) is 4.21. The SMILES string of the molecule is Cc1cc(C)cc(N2C=CN(C)C2)c1. The zero-order valence-corrected chi connectivity index (χ0v) is 8.99. The van der Waals surface area contributed by atoms with Gasteiger partial charge in [-0.05, 0) is 37.1 Å². The van der Waals surface area contributed by atoms with Crippen molar-refractivity contribution in [2.24, 2.45) is 0 Å². The lowest BCUT2D eigenvalue weighted by molar-refractivity contribution is 0.495. The quantitative estimate of drug-likeness (QED) is 0.668. The van der Waals surface area contributed by atoms with Gasteiger partial charge in [-0.25, -0.2) is 0 Å². The molecule has 1 aromatic rings. The fourth-order valence-electron chi connectivity index (χ4n) is 1.81. The predicted molar refractivity (Wildman–Crippen MR) is 60.2 cm³/mol. The Morgan fingerprint density at radius 1 is 1.00 bits per heavy atom. The van der Waals surface area contributed by atoms with Crippen LogP contribution in [-0.2, 0) is 0 Å². The minimum Gasteiger partial charge on any atom is -0.361 e. The predicted octanol–water partition coefficient (Wildman–Crippen LogP) is 2.48. The summed E-state index contributed by atoms with van der Waals surface area (Å²) in [7, 11) is 2.08. The molecule has 0 N–H and O–H groups in total. The van der Waals surface area contributed by atoms with Gasteiger partial charge in [0.05, 0.1) is 6.67 Å². The van der Waals surface area contributed by atoms with Crippen molar-refractivity contribution in [3.63, 3.8) is 0 Å². The van der Waals surface area contributed by atoms with E-state index in [-0.39, 0.29) is 0 Å². The maximum absolute atomic E-state index is 2.25. The van der Waals surface area contributed by atoms with Gasteiger partial charge in [-0.2, -0.15) is 0 Å². The van der Waals surface area contributed by atoms with Crippen molar-refractivity contribution in [2.45, 2.75) is 13.8 Å². The van der Waals surface area contributed by atoms with Crippen LogP contribution in [0.3, 0.4) is 0 Å². The molecule has 74 valence electrons. The number of hydrogen-bond acceptors (Lipinski definition) is 2. The zero-order valence-electron chi connectivity index (χ0n) is 8.99. The van der Waals surface area contributed by atoms with Crippen LogP contribution in [0.2, 0.25) is 0 Å². The van der Waals surface area contributed by atoms with E-state index in [0.717, 1.165) is 6.67 Å². The highest BCUT2D eigenvalue weighted by Gasteiger charge is 2.10. The highest BCUT2D eigenvalue weighted by atomic mass is 15.3. The topological polar surface area (TPSA) is 6.48 Å². The summed E-state index contributed by atoms with van der Waals surface area (Å²) in [5.74, 6) is 0. The molecule has 2 rings (SSSR count). The van der Waals surface area contributed by atoms with E-state index >= 15 is 0 Å².